The quantitative estimate of drug-likeness (QED) is 0.447. The second-order valence-corrected chi connectivity index (χ2v) is 9.71. The van der Waals surface area contributed by atoms with E-state index in [0.29, 0.717) is 23.4 Å². The molecule has 33 heavy (non-hydrogen) atoms. The number of nitro benzene ring substituents is 1. The highest BCUT2D eigenvalue weighted by Gasteiger charge is 2.41. The SMILES string of the molecule is CS(=O)(=O)Nc1cccc(C2=NN3C(C2)c2ccccc2OC3c2cccc([N+](=O)[O-])c2)c1. The van der Waals surface area contributed by atoms with Gasteiger partial charge in [-0.25, -0.2) is 13.4 Å². The zero-order chi connectivity index (χ0) is 23.2. The standard InChI is InChI=1S/C23H20N4O5S/c1-33(30,31)25-17-8-4-6-15(12-17)20-14-21-19-10-2-3-11-22(19)32-23(26(21)24-20)16-7-5-9-18(13-16)27(28)29/h2-13,21,23,25H,14H2,1H3. The molecule has 10 heteroatoms. The molecule has 0 radical (unpaired) electrons. The van der Waals surface area contributed by atoms with Crippen LogP contribution in [0.4, 0.5) is 11.4 Å². The molecule has 1 N–H and O–H groups in total. The molecule has 2 atom stereocenters. The number of nitro groups is 1. The number of fused-ring (bicyclic) bond motifs is 3. The zero-order valence-electron chi connectivity index (χ0n) is 17.6. The lowest BCUT2D eigenvalue weighted by Crippen LogP contribution is -2.33. The van der Waals surface area contributed by atoms with Crippen LogP contribution in [0.15, 0.2) is 77.9 Å². The number of ether oxygens (including phenoxy) is 1. The highest BCUT2D eigenvalue weighted by atomic mass is 32.2. The topological polar surface area (TPSA) is 114 Å². The van der Waals surface area contributed by atoms with Crippen LogP contribution in [0.5, 0.6) is 5.75 Å². The molecule has 0 fully saturated rings. The van der Waals surface area contributed by atoms with Crippen molar-refractivity contribution in [3.63, 3.8) is 0 Å². The van der Waals surface area contributed by atoms with Gasteiger partial charge < -0.3 is 4.74 Å². The van der Waals surface area contributed by atoms with Crippen molar-refractivity contribution in [3.8, 4) is 5.75 Å². The minimum Gasteiger partial charge on any atom is -0.464 e. The van der Waals surface area contributed by atoms with E-state index < -0.39 is 21.2 Å². The maximum absolute atomic E-state index is 11.6. The monoisotopic (exact) mass is 464 g/mol. The molecule has 0 aromatic heterocycles. The summed E-state index contributed by atoms with van der Waals surface area (Å²) in [6, 6.07) is 21.0. The second-order valence-electron chi connectivity index (χ2n) is 7.96. The van der Waals surface area contributed by atoms with Crippen LogP contribution in [0.2, 0.25) is 0 Å². The Hall–Kier alpha value is -3.92. The maximum Gasteiger partial charge on any atom is 0.269 e. The molecule has 3 aromatic rings. The van der Waals surface area contributed by atoms with E-state index in [1.807, 2.05) is 35.3 Å². The smallest absolute Gasteiger partial charge is 0.269 e. The predicted molar refractivity (Wildman–Crippen MR) is 124 cm³/mol. The van der Waals surface area contributed by atoms with Gasteiger partial charge in [-0.3, -0.25) is 14.8 Å². The fourth-order valence-electron chi connectivity index (χ4n) is 4.20. The number of para-hydroxylation sites is 1. The Labute approximate surface area is 190 Å². The van der Waals surface area contributed by atoms with E-state index in [0.717, 1.165) is 23.1 Å². The Morgan fingerprint density at radius 2 is 1.88 bits per heavy atom. The van der Waals surface area contributed by atoms with Crippen LogP contribution in [0.3, 0.4) is 0 Å². The van der Waals surface area contributed by atoms with Gasteiger partial charge in [-0.05, 0) is 23.8 Å². The minimum absolute atomic E-state index is 0.0190. The third-order valence-electron chi connectivity index (χ3n) is 5.56. The van der Waals surface area contributed by atoms with Crippen LogP contribution in [0, 0.1) is 10.1 Å². The molecule has 3 aromatic carbocycles. The van der Waals surface area contributed by atoms with Crippen molar-refractivity contribution in [2.45, 2.75) is 18.7 Å². The van der Waals surface area contributed by atoms with Crippen LogP contribution in [0.1, 0.15) is 35.4 Å². The predicted octanol–water partition coefficient (Wildman–Crippen LogP) is 4.21. The summed E-state index contributed by atoms with van der Waals surface area (Å²) in [5.41, 5.74) is 3.59. The first-order valence-electron chi connectivity index (χ1n) is 10.2. The van der Waals surface area contributed by atoms with Crippen molar-refractivity contribution >= 4 is 27.1 Å². The van der Waals surface area contributed by atoms with Crippen molar-refractivity contribution < 1.29 is 18.1 Å². The van der Waals surface area contributed by atoms with E-state index in [1.165, 1.54) is 12.1 Å². The number of anilines is 1. The number of nitrogens with one attached hydrogen (secondary N) is 1. The van der Waals surface area contributed by atoms with E-state index in [1.54, 1.807) is 30.3 Å². The van der Waals surface area contributed by atoms with Gasteiger partial charge in [0.15, 0.2) is 0 Å². The summed E-state index contributed by atoms with van der Waals surface area (Å²) in [4.78, 5) is 10.9. The fraction of sp³-hybridized carbons (Fsp3) is 0.174. The molecule has 0 aliphatic carbocycles. The summed E-state index contributed by atoms with van der Waals surface area (Å²) in [6.07, 6.45) is 1.04. The highest BCUT2D eigenvalue weighted by Crippen LogP contribution is 2.47. The molecule has 0 spiro atoms. The molecule has 168 valence electrons. The molecule has 2 heterocycles. The van der Waals surface area contributed by atoms with Gasteiger partial charge in [-0.1, -0.05) is 42.5 Å². The molecule has 0 bridgehead atoms. The lowest BCUT2D eigenvalue weighted by molar-refractivity contribution is -0.385. The Bertz CT molecular complexity index is 1390. The van der Waals surface area contributed by atoms with Gasteiger partial charge in [0.1, 0.15) is 5.75 Å². The third-order valence-corrected chi connectivity index (χ3v) is 6.17. The maximum atomic E-state index is 11.6. The summed E-state index contributed by atoms with van der Waals surface area (Å²) < 4.78 is 32.0. The molecule has 0 saturated carbocycles. The van der Waals surface area contributed by atoms with Gasteiger partial charge in [0.2, 0.25) is 16.3 Å². The van der Waals surface area contributed by atoms with Crippen LogP contribution in [0.25, 0.3) is 0 Å². The van der Waals surface area contributed by atoms with Crippen molar-refractivity contribution in [1.29, 1.82) is 0 Å². The molecule has 9 nitrogen and oxygen atoms in total. The molecule has 2 aliphatic heterocycles. The van der Waals surface area contributed by atoms with Crippen molar-refractivity contribution in [1.82, 2.24) is 5.01 Å². The first-order valence-corrected chi connectivity index (χ1v) is 12.1. The number of hydrazone groups is 1. The van der Waals surface area contributed by atoms with Crippen molar-refractivity contribution in [2.24, 2.45) is 5.10 Å². The largest absolute Gasteiger partial charge is 0.464 e. The lowest BCUT2D eigenvalue weighted by atomic mass is 9.96. The molecular weight excluding hydrogens is 444 g/mol. The van der Waals surface area contributed by atoms with E-state index in [-0.39, 0.29) is 11.7 Å². The van der Waals surface area contributed by atoms with Gasteiger partial charge >= 0.3 is 0 Å². The molecule has 2 unspecified atom stereocenters. The molecule has 5 rings (SSSR count). The first kappa shape index (κ1) is 21.0. The summed E-state index contributed by atoms with van der Waals surface area (Å²) in [5, 5.41) is 18.0. The summed E-state index contributed by atoms with van der Waals surface area (Å²) in [5.74, 6) is 0.708. The molecule has 0 amide bonds. The Balaban J connectivity index is 1.56. The van der Waals surface area contributed by atoms with Gasteiger partial charge in [0, 0.05) is 35.4 Å². The van der Waals surface area contributed by atoms with E-state index in [9.17, 15) is 18.5 Å². The number of sulfonamides is 1. The number of hydrogen-bond donors (Lipinski definition) is 1. The minimum atomic E-state index is -3.41. The van der Waals surface area contributed by atoms with E-state index >= 15 is 0 Å². The van der Waals surface area contributed by atoms with Crippen molar-refractivity contribution in [3.05, 3.63) is 99.6 Å². The average Bonchev–Trinajstić information content (AvgIpc) is 3.23. The number of rotatable bonds is 5. The van der Waals surface area contributed by atoms with Gasteiger partial charge in [-0.15, -0.1) is 0 Å². The Morgan fingerprint density at radius 3 is 2.67 bits per heavy atom. The number of non-ortho nitro benzene ring substituents is 1. The summed E-state index contributed by atoms with van der Waals surface area (Å²) in [6.45, 7) is 0. The van der Waals surface area contributed by atoms with Crippen LogP contribution in [-0.4, -0.2) is 30.3 Å². The first-order chi connectivity index (χ1) is 15.8. The van der Waals surface area contributed by atoms with Crippen LogP contribution < -0.4 is 9.46 Å². The fourth-order valence-corrected chi connectivity index (χ4v) is 4.75. The zero-order valence-corrected chi connectivity index (χ0v) is 18.4. The average molecular weight is 465 g/mol. The summed E-state index contributed by atoms with van der Waals surface area (Å²) in [7, 11) is -3.41. The van der Waals surface area contributed by atoms with Gasteiger partial charge in [0.05, 0.1) is 22.9 Å². The number of benzene rings is 3. The number of hydrogen-bond acceptors (Lipinski definition) is 7. The Morgan fingerprint density at radius 1 is 1.09 bits per heavy atom. The summed E-state index contributed by atoms with van der Waals surface area (Å²) >= 11 is 0. The van der Waals surface area contributed by atoms with E-state index in [4.69, 9.17) is 9.84 Å². The van der Waals surface area contributed by atoms with Crippen LogP contribution in [-0.2, 0) is 10.0 Å². The molecular formula is C23H20N4O5S. The third kappa shape index (κ3) is 4.12. The Kier molecular flexibility index (Phi) is 5.01. The lowest BCUT2D eigenvalue weighted by Gasteiger charge is -2.38. The number of nitrogens with zero attached hydrogens (tertiary/aromatic N) is 3. The second kappa shape index (κ2) is 7.89. The van der Waals surface area contributed by atoms with Crippen molar-refractivity contribution in [2.75, 3.05) is 11.0 Å². The van der Waals surface area contributed by atoms with Gasteiger partial charge in [0.25, 0.3) is 5.69 Å². The molecule has 0 saturated heterocycles. The van der Waals surface area contributed by atoms with Crippen LogP contribution >= 0.6 is 0 Å². The van der Waals surface area contributed by atoms with Gasteiger partial charge in [-0.2, -0.15) is 5.10 Å². The highest BCUT2D eigenvalue weighted by molar-refractivity contribution is 7.92. The normalized spacial score (nSPS) is 19.2. The molecule has 2 aliphatic rings. The van der Waals surface area contributed by atoms with E-state index in [2.05, 4.69) is 4.72 Å².